The Morgan fingerprint density at radius 2 is 2.24 bits per heavy atom. The quantitative estimate of drug-likeness (QED) is 0.651. The van der Waals surface area contributed by atoms with E-state index in [0.29, 0.717) is 18.2 Å². The Kier molecular flexibility index (Phi) is 4.59. The molecule has 0 aliphatic carbocycles. The molecular formula is C13H16FN5O2. The first-order valence-corrected chi connectivity index (χ1v) is 6.53. The summed E-state index contributed by atoms with van der Waals surface area (Å²) >= 11 is 0. The predicted molar refractivity (Wildman–Crippen MR) is 74.5 cm³/mol. The first kappa shape index (κ1) is 15.0. The highest BCUT2D eigenvalue weighted by Crippen LogP contribution is 2.19. The molecule has 0 atom stereocenters. The third kappa shape index (κ3) is 3.82. The van der Waals surface area contributed by atoms with Gasteiger partial charge in [-0.25, -0.2) is 9.07 Å². The van der Waals surface area contributed by atoms with E-state index in [2.05, 4.69) is 29.5 Å². The van der Waals surface area contributed by atoms with Gasteiger partial charge in [-0.05, 0) is 18.5 Å². The first-order chi connectivity index (χ1) is 9.97. The van der Waals surface area contributed by atoms with Gasteiger partial charge in [0, 0.05) is 12.6 Å². The Balaban J connectivity index is 2.12. The summed E-state index contributed by atoms with van der Waals surface area (Å²) in [5, 5.41) is 21.6. The Hall–Kier alpha value is -2.35. The molecule has 0 bridgehead atoms. The second kappa shape index (κ2) is 6.40. The summed E-state index contributed by atoms with van der Waals surface area (Å²) in [6.07, 6.45) is 1.59. The number of nitrogens with one attached hydrogen (secondary N) is 1. The molecule has 112 valence electrons. The molecule has 0 unspecified atom stereocenters. The number of nitro benzene ring substituents is 1. The van der Waals surface area contributed by atoms with E-state index in [9.17, 15) is 14.5 Å². The number of aromatic nitrogens is 3. The van der Waals surface area contributed by atoms with Crippen LogP contribution in [0.5, 0.6) is 0 Å². The van der Waals surface area contributed by atoms with E-state index in [1.807, 2.05) is 0 Å². The number of hydrogen-bond acceptors (Lipinski definition) is 5. The van der Waals surface area contributed by atoms with Gasteiger partial charge < -0.3 is 5.32 Å². The molecule has 1 aromatic heterocycles. The lowest BCUT2D eigenvalue weighted by Crippen LogP contribution is -2.19. The number of hydrogen-bond donors (Lipinski definition) is 1. The summed E-state index contributed by atoms with van der Waals surface area (Å²) < 4.78 is 15.1. The maximum Gasteiger partial charge on any atom is 0.272 e. The molecule has 1 aromatic carbocycles. The molecule has 0 radical (unpaired) electrons. The molecule has 0 fully saturated rings. The van der Waals surface area contributed by atoms with Crippen molar-refractivity contribution in [1.82, 2.24) is 20.3 Å². The lowest BCUT2D eigenvalue weighted by atomic mass is 10.2. The van der Waals surface area contributed by atoms with Gasteiger partial charge in [0.2, 0.25) is 0 Å². The fraction of sp³-hybridized carbons (Fsp3) is 0.385. The summed E-state index contributed by atoms with van der Waals surface area (Å²) in [5.41, 5.74) is 0.506. The minimum Gasteiger partial charge on any atom is -0.311 e. The lowest BCUT2D eigenvalue weighted by Gasteiger charge is -2.04. The fourth-order valence-corrected chi connectivity index (χ4v) is 1.78. The average Bonchev–Trinajstić information content (AvgIpc) is 2.86. The minimum atomic E-state index is -0.712. The van der Waals surface area contributed by atoms with Crippen LogP contribution in [0.15, 0.2) is 24.4 Å². The van der Waals surface area contributed by atoms with Crippen molar-refractivity contribution in [3.8, 4) is 5.69 Å². The largest absolute Gasteiger partial charge is 0.311 e. The van der Waals surface area contributed by atoms with Crippen LogP contribution < -0.4 is 5.32 Å². The highest BCUT2D eigenvalue weighted by atomic mass is 19.1. The first-order valence-electron chi connectivity index (χ1n) is 6.53. The van der Waals surface area contributed by atoms with Crippen LogP contribution in [0.4, 0.5) is 10.1 Å². The highest BCUT2D eigenvalue weighted by molar-refractivity contribution is 5.41. The average molecular weight is 293 g/mol. The molecule has 1 N–H and O–H groups in total. The topological polar surface area (TPSA) is 85.9 Å². The Bertz CT molecular complexity index is 641. The summed E-state index contributed by atoms with van der Waals surface area (Å²) in [5.74, 6) is -0.192. The molecule has 21 heavy (non-hydrogen) atoms. The van der Waals surface area contributed by atoms with Gasteiger partial charge in [0.1, 0.15) is 5.69 Å². The zero-order valence-electron chi connectivity index (χ0n) is 11.8. The van der Waals surface area contributed by atoms with Crippen molar-refractivity contribution in [3.05, 3.63) is 46.0 Å². The molecule has 0 aliphatic rings. The molecule has 8 heteroatoms. The van der Waals surface area contributed by atoms with E-state index in [1.54, 1.807) is 6.20 Å². The number of benzene rings is 1. The normalized spacial score (nSPS) is 11.0. The van der Waals surface area contributed by atoms with Gasteiger partial charge in [-0.1, -0.05) is 19.1 Å². The van der Waals surface area contributed by atoms with Crippen LogP contribution in [0.2, 0.25) is 0 Å². The van der Waals surface area contributed by atoms with E-state index < -0.39 is 10.7 Å². The Morgan fingerprint density at radius 3 is 2.86 bits per heavy atom. The smallest absolute Gasteiger partial charge is 0.272 e. The van der Waals surface area contributed by atoms with E-state index in [0.717, 1.165) is 12.6 Å². The number of nitrogens with zero attached hydrogens (tertiary/aromatic N) is 4. The van der Waals surface area contributed by atoms with Crippen LogP contribution in [0.3, 0.4) is 0 Å². The van der Waals surface area contributed by atoms with E-state index in [1.165, 1.54) is 16.8 Å². The fourth-order valence-electron chi connectivity index (χ4n) is 1.78. The van der Waals surface area contributed by atoms with Crippen molar-refractivity contribution >= 4 is 5.69 Å². The van der Waals surface area contributed by atoms with Crippen molar-refractivity contribution in [3.63, 3.8) is 0 Å². The van der Waals surface area contributed by atoms with Crippen molar-refractivity contribution in [2.24, 2.45) is 5.92 Å². The predicted octanol–water partition coefficient (Wildman–Crippen LogP) is 2.06. The number of rotatable bonds is 6. The summed E-state index contributed by atoms with van der Waals surface area (Å²) in [6, 6.07) is 3.41. The molecular weight excluding hydrogens is 277 g/mol. The minimum absolute atomic E-state index is 0.128. The molecule has 0 amide bonds. The van der Waals surface area contributed by atoms with Crippen molar-refractivity contribution in [2.75, 3.05) is 6.54 Å². The van der Waals surface area contributed by atoms with Crippen molar-refractivity contribution in [2.45, 2.75) is 20.4 Å². The summed E-state index contributed by atoms with van der Waals surface area (Å²) in [6.45, 7) is 5.57. The SMILES string of the molecule is CC(C)CNCc1cn(-c2ccc([N+](=O)[O-])cc2F)nn1. The van der Waals surface area contributed by atoms with Gasteiger partial charge in [-0.2, -0.15) is 0 Å². The van der Waals surface area contributed by atoms with Crippen LogP contribution in [-0.2, 0) is 6.54 Å². The second-order valence-corrected chi connectivity index (χ2v) is 5.07. The maximum absolute atomic E-state index is 13.9. The Labute approximate surface area is 120 Å². The van der Waals surface area contributed by atoms with Gasteiger partial charge in [-0.3, -0.25) is 10.1 Å². The molecule has 1 heterocycles. The number of nitro groups is 1. The van der Waals surface area contributed by atoms with Crippen LogP contribution in [-0.4, -0.2) is 26.5 Å². The van der Waals surface area contributed by atoms with Crippen molar-refractivity contribution < 1.29 is 9.31 Å². The van der Waals surface area contributed by atoms with Gasteiger partial charge in [0.05, 0.1) is 22.9 Å². The third-order valence-corrected chi connectivity index (χ3v) is 2.79. The van der Waals surface area contributed by atoms with E-state index in [4.69, 9.17) is 0 Å². The zero-order chi connectivity index (χ0) is 15.4. The highest BCUT2D eigenvalue weighted by Gasteiger charge is 2.13. The van der Waals surface area contributed by atoms with Gasteiger partial charge in [-0.15, -0.1) is 5.10 Å². The third-order valence-electron chi connectivity index (χ3n) is 2.79. The van der Waals surface area contributed by atoms with Crippen molar-refractivity contribution in [1.29, 1.82) is 0 Å². The van der Waals surface area contributed by atoms with E-state index in [-0.39, 0.29) is 11.4 Å². The van der Waals surface area contributed by atoms with Gasteiger partial charge in [0.25, 0.3) is 5.69 Å². The van der Waals surface area contributed by atoms with Crippen LogP contribution in [0.1, 0.15) is 19.5 Å². The summed E-state index contributed by atoms with van der Waals surface area (Å²) in [4.78, 5) is 9.93. The Morgan fingerprint density at radius 1 is 1.48 bits per heavy atom. The lowest BCUT2D eigenvalue weighted by molar-refractivity contribution is -0.385. The van der Waals surface area contributed by atoms with Crippen LogP contribution >= 0.6 is 0 Å². The van der Waals surface area contributed by atoms with Gasteiger partial charge >= 0.3 is 0 Å². The monoisotopic (exact) mass is 293 g/mol. The van der Waals surface area contributed by atoms with Gasteiger partial charge in [0.15, 0.2) is 5.82 Å². The summed E-state index contributed by atoms with van der Waals surface area (Å²) in [7, 11) is 0. The molecule has 2 aromatic rings. The second-order valence-electron chi connectivity index (χ2n) is 5.07. The molecule has 0 aliphatic heterocycles. The number of non-ortho nitro benzene ring substituents is 1. The molecule has 7 nitrogen and oxygen atoms in total. The zero-order valence-corrected chi connectivity index (χ0v) is 11.8. The molecule has 2 rings (SSSR count). The molecule has 0 saturated heterocycles. The van der Waals surface area contributed by atoms with Crippen LogP contribution in [0, 0.1) is 21.8 Å². The maximum atomic E-state index is 13.9. The molecule has 0 spiro atoms. The number of halogens is 1. The van der Waals surface area contributed by atoms with E-state index >= 15 is 0 Å². The van der Waals surface area contributed by atoms with Crippen LogP contribution in [0.25, 0.3) is 5.69 Å². The standard InChI is InChI=1S/C13H16FN5O2/c1-9(2)6-15-7-10-8-18(17-16-10)13-4-3-11(19(20)21)5-12(13)14/h3-5,8-9,15H,6-7H2,1-2H3. The molecule has 0 saturated carbocycles.